The molecule has 1 saturated heterocycles. The fourth-order valence-electron chi connectivity index (χ4n) is 1.70. The van der Waals surface area contributed by atoms with Gasteiger partial charge in [0.1, 0.15) is 0 Å². The minimum absolute atomic E-state index is 0.242. The van der Waals surface area contributed by atoms with Gasteiger partial charge in [0.15, 0.2) is 11.6 Å². The third-order valence-electron chi connectivity index (χ3n) is 2.39. The zero-order valence-corrected chi connectivity index (χ0v) is 9.00. The predicted molar refractivity (Wildman–Crippen MR) is 56.0 cm³/mol. The van der Waals surface area contributed by atoms with E-state index in [9.17, 15) is 13.2 Å². The van der Waals surface area contributed by atoms with Crippen molar-refractivity contribution in [1.82, 2.24) is 10.3 Å². The Morgan fingerprint density at radius 3 is 2.65 bits per heavy atom. The molecule has 1 aromatic heterocycles. The number of ether oxygens (including phenoxy) is 1. The van der Waals surface area contributed by atoms with Crippen LogP contribution in [0.5, 0.6) is 5.75 Å². The number of pyridine rings is 1. The Kier molecular flexibility index (Phi) is 3.37. The van der Waals surface area contributed by atoms with E-state index in [2.05, 4.69) is 15.0 Å². The van der Waals surface area contributed by atoms with Crippen molar-refractivity contribution in [2.45, 2.75) is 6.36 Å². The van der Waals surface area contributed by atoms with Crippen LogP contribution in [0.15, 0.2) is 18.3 Å². The normalized spacial score (nSPS) is 17.0. The largest absolute Gasteiger partial charge is 0.573 e. The number of nitrogens with one attached hydrogen (secondary N) is 1. The van der Waals surface area contributed by atoms with E-state index in [-0.39, 0.29) is 11.6 Å². The first kappa shape index (κ1) is 12.0. The van der Waals surface area contributed by atoms with Gasteiger partial charge < -0.3 is 15.0 Å². The van der Waals surface area contributed by atoms with Crippen LogP contribution >= 0.6 is 0 Å². The Morgan fingerprint density at radius 1 is 1.29 bits per heavy atom. The molecule has 4 nitrogen and oxygen atoms in total. The second kappa shape index (κ2) is 4.79. The van der Waals surface area contributed by atoms with E-state index < -0.39 is 6.36 Å². The van der Waals surface area contributed by atoms with Gasteiger partial charge in [-0.15, -0.1) is 13.2 Å². The van der Waals surface area contributed by atoms with E-state index in [4.69, 9.17) is 0 Å². The summed E-state index contributed by atoms with van der Waals surface area (Å²) >= 11 is 0. The fourth-order valence-corrected chi connectivity index (χ4v) is 1.70. The molecule has 2 rings (SSSR count). The molecular weight excluding hydrogens is 235 g/mol. The molecule has 1 aromatic rings. The molecule has 0 amide bonds. The van der Waals surface area contributed by atoms with Crippen LogP contribution in [0.3, 0.4) is 0 Å². The summed E-state index contributed by atoms with van der Waals surface area (Å²) in [7, 11) is 0. The van der Waals surface area contributed by atoms with E-state index in [1.165, 1.54) is 18.3 Å². The molecule has 17 heavy (non-hydrogen) atoms. The van der Waals surface area contributed by atoms with Crippen molar-refractivity contribution in [3.63, 3.8) is 0 Å². The number of piperazine rings is 1. The molecule has 0 atom stereocenters. The van der Waals surface area contributed by atoms with Crippen LogP contribution in [0.25, 0.3) is 0 Å². The van der Waals surface area contributed by atoms with Gasteiger partial charge in [-0.25, -0.2) is 4.98 Å². The quantitative estimate of drug-likeness (QED) is 0.857. The summed E-state index contributed by atoms with van der Waals surface area (Å²) in [4.78, 5) is 5.74. The summed E-state index contributed by atoms with van der Waals surface area (Å²) in [6.45, 7) is 2.68. The third-order valence-corrected chi connectivity index (χ3v) is 2.39. The predicted octanol–water partition coefficient (Wildman–Crippen LogP) is 1.39. The maximum Gasteiger partial charge on any atom is 0.573 e. The highest BCUT2D eigenvalue weighted by Crippen LogP contribution is 2.30. The lowest BCUT2D eigenvalue weighted by atomic mass is 10.3. The van der Waals surface area contributed by atoms with E-state index in [1.807, 2.05) is 0 Å². The number of aromatic nitrogens is 1. The SMILES string of the molecule is FC(F)(F)Oc1cccnc1N1CCNCC1. The molecule has 0 spiro atoms. The maximum atomic E-state index is 12.2. The Morgan fingerprint density at radius 2 is 2.00 bits per heavy atom. The molecule has 7 heteroatoms. The van der Waals surface area contributed by atoms with Crippen LogP contribution in [0.2, 0.25) is 0 Å². The molecule has 1 N–H and O–H groups in total. The van der Waals surface area contributed by atoms with Gasteiger partial charge >= 0.3 is 6.36 Å². The molecule has 0 unspecified atom stereocenters. The van der Waals surface area contributed by atoms with Crippen LogP contribution in [0.4, 0.5) is 19.0 Å². The Hall–Kier alpha value is -1.50. The molecule has 0 bridgehead atoms. The molecule has 1 aliphatic heterocycles. The summed E-state index contributed by atoms with van der Waals surface area (Å²) < 4.78 is 40.6. The Bertz CT molecular complexity index is 377. The lowest BCUT2D eigenvalue weighted by molar-refractivity contribution is -0.274. The number of nitrogens with zero attached hydrogens (tertiary/aromatic N) is 2. The van der Waals surface area contributed by atoms with Gasteiger partial charge in [-0.1, -0.05) is 0 Å². The average Bonchev–Trinajstić information content (AvgIpc) is 2.29. The number of rotatable bonds is 2. The summed E-state index contributed by atoms with van der Waals surface area (Å²) in [5, 5.41) is 3.12. The van der Waals surface area contributed by atoms with E-state index >= 15 is 0 Å². The topological polar surface area (TPSA) is 37.4 Å². The lowest BCUT2D eigenvalue weighted by Crippen LogP contribution is -2.44. The van der Waals surface area contributed by atoms with Crippen LogP contribution in [-0.4, -0.2) is 37.5 Å². The van der Waals surface area contributed by atoms with Crippen molar-refractivity contribution >= 4 is 5.82 Å². The van der Waals surface area contributed by atoms with Gasteiger partial charge in [0, 0.05) is 32.4 Å². The van der Waals surface area contributed by atoms with Gasteiger partial charge in [-0.05, 0) is 12.1 Å². The average molecular weight is 247 g/mol. The second-order valence-electron chi connectivity index (χ2n) is 3.61. The van der Waals surface area contributed by atoms with Crippen molar-refractivity contribution < 1.29 is 17.9 Å². The summed E-state index contributed by atoms with van der Waals surface area (Å²) in [6, 6.07) is 2.70. The monoisotopic (exact) mass is 247 g/mol. The first-order valence-electron chi connectivity index (χ1n) is 5.23. The highest BCUT2D eigenvalue weighted by atomic mass is 19.4. The van der Waals surface area contributed by atoms with Gasteiger partial charge in [-0.3, -0.25) is 0 Å². The number of anilines is 1. The molecule has 1 aliphatic rings. The maximum absolute atomic E-state index is 12.2. The number of halogens is 3. The van der Waals surface area contributed by atoms with Crippen molar-refractivity contribution in [2.75, 3.05) is 31.1 Å². The van der Waals surface area contributed by atoms with Crippen LogP contribution in [0, 0.1) is 0 Å². The third kappa shape index (κ3) is 3.23. The number of hydrogen-bond acceptors (Lipinski definition) is 4. The number of hydrogen-bond donors (Lipinski definition) is 1. The summed E-state index contributed by atoms with van der Waals surface area (Å²) in [5.74, 6) is -0.00627. The zero-order valence-electron chi connectivity index (χ0n) is 9.00. The summed E-state index contributed by atoms with van der Waals surface area (Å²) in [5.41, 5.74) is 0. The minimum Gasteiger partial charge on any atom is -0.402 e. The molecular formula is C10H12F3N3O. The first-order valence-corrected chi connectivity index (χ1v) is 5.23. The molecule has 0 radical (unpaired) electrons. The van der Waals surface area contributed by atoms with Crippen molar-refractivity contribution in [3.8, 4) is 5.75 Å². The van der Waals surface area contributed by atoms with Gasteiger partial charge in [-0.2, -0.15) is 0 Å². The van der Waals surface area contributed by atoms with Gasteiger partial charge in [0.25, 0.3) is 0 Å². The molecule has 0 aliphatic carbocycles. The van der Waals surface area contributed by atoms with Gasteiger partial charge in [0.2, 0.25) is 0 Å². The van der Waals surface area contributed by atoms with E-state index in [0.717, 1.165) is 13.1 Å². The molecule has 0 saturated carbocycles. The lowest BCUT2D eigenvalue weighted by Gasteiger charge is -2.29. The van der Waals surface area contributed by atoms with Crippen molar-refractivity contribution in [2.24, 2.45) is 0 Å². The van der Waals surface area contributed by atoms with E-state index in [0.29, 0.717) is 13.1 Å². The van der Waals surface area contributed by atoms with Crippen LogP contribution in [0.1, 0.15) is 0 Å². The van der Waals surface area contributed by atoms with E-state index in [1.54, 1.807) is 4.90 Å². The number of alkyl halides is 3. The molecule has 2 heterocycles. The van der Waals surface area contributed by atoms with Crippen LogP contribution < -0.4 is 15.0 Å². The standard InChI is InChI=1S/C10H12F3N3O/c11-10(12,13)17-8-2-1-3-15-9(8)16-6-4-14-5-7-16/h1-3,14H,4-7H2. The Balaban J connectivity index is 2.20. The van der Waals surface area contributed by atoms with Crippen LogP contribution in [-0.2, 0) is 0 Å². The fraction of sp³-hybridized carbons (Fsp3) is 0.500. The molecule has 0 aromatic carbocycles. The van der Waals surface area contributed by atoms with Crippen molar-refractivity contribution in [1.29, 1.82) is 0 Å². The molecule has 1 fully saturated rings. The molecule has 94 valence electrons. The first-order chi connectivity index (χ1) is 8.06. The minimum atomic E-state index is -4.69. The second-order valence-corrected chi connectivity index (χ2v) is 3.61. The van der Waals surface area contributed by atoms with Gasteiger partial charge in [0.05, 0.1) is 0 Å². The highest BCUT2D eigenvalue weighted by Gasteiger charge is 2.33. The Labute approximate surface area is 96.4 Å². The van der Waals surface area contributed by atoms with Crippen molar-refractivity contribution in [3.05, 3.63) is 18.3 Å². The zero-order chi connectivity index (χ0) is 12.3. The smallest absolute Gasteiger partial charge is 0.402 e. The highest BCUT2D eigenvalue weighted by molar-refractivity contribution is 5.52. The summed E-state index contributed by atoms with van der Waals surface area (Å²) in [6.07, 6.45) is -3.23.